The number of rotatable bonds is 5. The quantitative estimate of drug-likeness (QED) is 0.510. The minimum atomic E-state index is -5.47. The van der Waals surface area contributed by atoms with Crippen LogP contribution in [0.1, 0.15) is 14.5 Å². The number of carbonyl (C=O) groups is 1. The molecule has 0 atom stereocenters. The predicted molar refractivity (Wildman–Crippen MR) is 108 cm³/mol. The van der Waals surface area contributed by atoms with E-state index in [2.05, 4.69) is 17.6 Å². The van der Waals surface area contributed by atoms with Crippen molar-refractivity contribution in [3.8, 4) is 21.8 Å². The number of sulfonamides is 1. The van der Waals surface area contributed by atoms with Gasteiger partial charge in [-0.25, -0.2) is 4.98 Å². The van der Waals surface area contributed by atoms with E-state index >= 15 is 0 Å². The van der Waals surface area contributed by atoms with Gasteiger partial charge in [0.2, 0.25) is 5.12 Å². The Labute approximate surface area is 171 Å². The van der Waals surface area contributed by atoms with Crippen molar-refractivity contribution in [2.24, 2.45) is 0 Å². The van der Waals surface area contributed by atoms with Crippen molar-refractivity contribution in [1.29, 1.82) is 0 Å². The number of anilines is 1. The van der Waals surface area contributed by atoms with Gasteiger partial charge in [-0.2, -0.15) is 21.6 Å². The second kappa shape index (κ2) is 7.50. The first-order valence-electron chi connectivity index (χ1n) is 7.47. The summed E-state index contributed by atoms with van der Waals surface area (Å²) in [6.07, 6.45) is 0. The number of hydrogen-bond donors (Lipinski definition) is 2. The van der Waals surface area contributed by atoms with E-state index in [0.29, 0.717) is 21.1 Å². The van der Waals surface area contributed by atoms with Gasteiger partial charge in [0.15, 0.2) is 0 Å². The molecule has 148 valence electrons. The number of alkyl halides is 3. The molecule has 0 bridgehead atoms. The maximum Gasteiger partial charge on any atom is 0.516 e. The smallest absolute Gasteiger partial charge is 0.281 e. The molecule has 12 heteroatoms. The van der Waals surface area contributed by atoms with Crippen molar-refractivity contribution < 1.29 is 26.4 Å². The van der Waals surface area contributed by atoms with E-state index in [1.165, 1.54) is 51.7 Å². The molecule has 0 fully saturated rings. The highest BCUT2D eigenvalue weighted by Crippen LogP contribution is 2.36. The number of nitrogens with zero attached hydrogens (tertiary/aromatic N) is 1. The molecule has 0 aliphatic rings. The lowest BCUT2D eigenvalue weighted by atomic mass is 10.1. The lowest BCUT2D eigenvalue weighted by Crippen LogP contribution is -2.29. The summed E-state index contributed by atoms with van der Waals surface area (Å²) in [6.45, 7) is 1.86. The molecule has 0 amide bonds. The third-order valence-electron chi connectivity index (χ3n) is 3.60. The monoisotopic (exact) mass is 464 g/mol. The SMILES string of the molecule is Cc1sc(C(=O)S)cc1-c1nc(-c2ccc(NS(=O)(=O)C(F)(F)F)cc2)cs1. The second-order valence-corrected chi connectivity index (χ2v) is 9.75. The normalized spacial score (nSPS) is 12.2. The van der Waals surface area contributed by atoms with Crippen LogP contribution in [0.25, 0.3) is 21.8 Å². The highest BCUT2D eigenvalue weighted by molar-refractivity contribution is 7.97. The van der Waals surface area contributed by atoms with Crippen molar-refractivity contribution in [3.63, 3.8) is 0 Å². The molecule has 0 aliphatic carbocycles. The van der Waals surface area contributed by atoms with Gasteiger partial charge < -0.3 is 0 Å². The number of aryl methyl sites for hydroxylation is 1. The summed E-state index contributed by atoms with van der Waals surface area (Å²) in [4.78, 5) is 17.3. The van der Waals surface area contributed by atoms with Crippen LogP contribution in [-0.4, -0.2) is 24.0 Å². The molecular weight excluding hydrogens is 453 g/mol. The van der Waals surface area contributed by atoms with Gasteiger partial charge in [0, 0.05) is 27.1 Å². The van der Waals surface area contributed by atoms with Gasteiger partial charge in [-0.15, -0.1) is 22.7 Å². The zero-order valence-electron chi connectivity index (χ0n) is 13.9. The molecule has 0 spiro atoms. The van der Waals surface area contributed by atoms with Crippen LogP contribution >= 0.6 is 35.3 Å². The van der Waals surface area contributed by atoms with Crippen molar-refractivity contribution >= 4 is 56.1 Å². The molecular formula is C16H11F3N2O3S4. The van der Waals surface area contributed by atoms with Crippen LogP contribution < -0.4 is 4.72 Å². The molecule has 3 aromatic rings. The number of halogens is 3. The number of thiazole rings is 1. The molecule has 28 heavy (non-hydrogen) atoms. The highest BCUT2D eigenvalue weighted by Gasteiger charge is 2.46. The summed E-state index contributed by atoms with van der Waals surface area (Å²) >= 11 is 6.48. The molecule has 1 N–H and O–H groups in total. The van der Waals surface area contributed by atoms with Gasteiger partial charge in [-0.3, -0.25) is 9.52 Å². The number of aromatic nitrogens is 1. The molecule has 5 nitrogen and oxygen atoms in total. The third kappa shape index (κ3) is 4.24. The van der Waals surface area contributed by atoms with Crippen molar-refractivity contribution in [3.05, 3.63) is 45.5 Å². The molecule has 0 saturated carbocycles. The predicted octanol–water partition coefficient (Wildman–Crippen LogP) is 5.18. The Morgan fingerprint density at radius 3 is 2.39 bits per heavy atom. The van der Waals surface area contributed by atoms with Crippen molar-refractivity contribution in [2.45, 2.75) is 12.4 Å². The van der Waals surface area contributed by atoms with Crippen LogP contribution in [0.15, 0.2) is 35.7 Å². The number of nitrogens with one attached hydrogen (secondary N) is 1. The lowest BCUT2D eigenvalue weighted by Gasteiger charge is -2.10. The number of hydrogen-bond acceptors (Lipinski definition) is 6. The van der Waals surface area contributed by atoms with Gasteiger partial charge in [-0.05, 0) is 25.1 Å². The Kier molecular flexibility index (Phi) is 5.58. The van der Waals surface area contributed by atoms with Crippen LogP contribution in [0.4, 0.5) is 18.9 Å². The average Bonchev–Trinajstić information content (AvgIpc) is 3.21. The minimum absolute atomic E-state index is 0.206. The topological polar surface area (TPSA) is 76.1 Å². The van der Waals surface area contributed by atoms with Crippen LogP contribution in [0.2, 0.25) is 0 Å². The summed E-state index contributed by atoms with van der Waals surface area (Å²) in [5.41, 5.74) is -3.60. The van der Waals surface area contributed by atoms with Crippen molar-refractivity contribution in [2.75, 3.05) is 4.72 Å². The van der Waals surface area contributed by atoms with Gasteiger partial charge in [0.1, 0.15) is 5.01 Å². The van der Waals surface area contributed by atoms with Gasteiger partial charge in [-0.1, -0.05) is 24.8 Å². The summed E-state index contributed by atoms with van der Waals surface area (Å²) in [7, 11) is -5.47. The number of carbonyl (C=O) groups excluding carboxylic acids is 1. The number of benzene rings is 1. The Morgan fingerprint density at radius 1 is 1.21 bits per heavy atom. The zero-order chi connectivity index (χ0) is 20.7. The van der Waals surface area contributed by atoms with Gasteiger partial charge in [0.05, 0.1) is 10.6 Å². The largest absolute Gasteiger partial charge is 0.516 e. The summed E-state index contributed by atoms with van der Waals surface area (Å²) < 4.78 is 61.0. The summed E-state index contributed by atoms with van der Waals surface area (Å²) in [5, 5.41) is 2.13. The standard InChI is InChI=1S/C16H11F3N2O3S4/c1-8-11(6-13(27-8)15(22)25)14-20-12(7-26-14)9-2-4-10(5-3-9)21-28(23,24)16(17,18)19/h2-7,21H,1H3,(H,22,25). The molecule has 2 aromatic heterocycles. The molecule has 0 saturated heterocycles. The first-order valence-corrected chi connectivity index (χ1v) is 11.1. The first kappa shape index (κ1) is 20.8. The van der Waals surface area contributed by atoms with Gasteiger partial charge in [0.25, 0.3) is 0 Å². The highest BCUT2D eigenvalue weighted by atomic mass is 32.2. The second-order valence-electron chi connectivity index (χ2n) is 5.55. The van der Waals surface area contributed by atoms with E-state index in [0.717, 1.165) is 10.4 Å². The van der Waals surface area contributed by atoms with E-state index in [9.17, 15) is 26.4 Å². The summed E-state index contributed by atoms with van der Waals surface area (Å²) in [5.74, 6) is 0. The molecule has 0 radical (unpaired) electrons. The average molecular weight is 465 g/mol. The van der Waals surface area contributed by atoms with Crippen molar-refractivity contribution in [1.82, 2.24) is 4.98 Å². The van der Waals surface area contributed by atoms with Crippen LogP contribution in [0, 0.1) is 6.92 Å². The van der Waals surface area contributed by atoms with E-state index in [-0.39, 0.29) is 10.8 Å². The van der Waals surface area contributed by atoms with E-state index in [4.69, 9.17) is 0 Å². The van der Waals surface area contributed by atoms with Gasteiger partial charge >= 0.3 is 15.5 Å². The molecule has 3 rings (SSSR count). The lowest BCUT2D eigenvalue weighted by molar-refractivity contribution is -0.0429. The fourth-order valence-electron chi connectivity index (χ4n) is 2.25. The summed E-state index contributed by atoms with van der Waals surface area (Å²) in [6, 6.07) is 7.11. The zero-order valence-corrected chi connectivity index (χ0v) is 17.3. The Hall–Kier alpha value is -1.89. The molecule has 1 aromatic carbocycles. The molecule has 2 heterocycles. The van der Waals surface area contributed by atoms with Crippen LogP contribution in [-0.2, 0) is 10.0 Å². The molecule has 0 aliphatic heterocycles. The molecule has 0 unspecified atom stereocenters. The van der Waals surface area contributed by atoms with E-state index in [1.54, 1.807) is 11.4 Å². The Morgan fingerprint density at radius 2 is 1.86 bits per heavy atom. The maximum atomic E-state index is 12.4. The number of thiophene rings is 1. The number of thiol groups is 1. The van der Waals surface area contributed by atoms with Crippen LogP contribution in [0.5, 0.6) is 0 Å². The Bertz CT molecular complexity index is 1130. The van der Waals surface area contributed by atoms with E-state index < -0.39 is 15.5 Å². The van der Waals surface area contributed by atoms with Crippen LogP contribution in [0.3, 0.4) is 0 Å². The Balaban J connectivity index is 1.84. The van der Waals surface area contributed by atoms with E-state index in [1.807, 2.05) is 6.92 Å². The third-order valence-corrected chi connectivity index (χ3v) is 7.03. The maximum absolute atomic E-state index is 12.4. The fourth-order valence-corrected chi connectivity index (χ4v) is 4.84. The fraction of sp³-hybridized carbons (Fsp3) is 0.125. The minimum Gasteiger partial charge on any atom is -0.281 e. The first-order chi connectivity index (χ1) is 13.0.